The lowest BCUT2D eigenvalue weighted by molar-refractivity contribution is -0.958. The molecule has 1 heterocycles. The monoisotopic (exact) mass is 188 g/mol. The number of rotatable bonds is 3. The lowest BCUT2D eigenvalue weighted by atomic mass is 10.2. The molecule has 1 aliphatic rings. The van der Waals surface area contributed by atoms with Crippen molar-refractivity contribution in [2.75, 3.05) is 32.8 Å². The Labute approximate surface area is 79.2 Å². The molecule has 4 heteroatoms. The predicted octanol–water partition coefficient (Wildman–Crippen LogP) is -2.60. The van der Waals surface area contributed by atoms with Gasteiger partial charge in [0, 0.05) is 0 Å². The van der Waals surface area contributed by atoms with Crippen LogP contribution in [0.1, 0.15) is 13.8 Å². The second-order valence-corrected chi connectivity index (χ2v) is 3.50. The molecule has 0 amide bonds. The summed E-state index contributed by atoms with van der Waals surface area (Å²) in [7, 11) is 0. The van der Waals surface area contributed by atoms with Gasteiger partial charge in [0.2, 0.25) is 0 Å². The molecule has 1 rings (SSSR count). The highest BCUT2D eigenvalue weighted by Gasteiger charge is 2.28. The summed E-state index contributed by atoms with van der Waals surface area (Å²) in [5.74, 6) is -0.0561. The Morgan fingerprint density at radius 1 is 1.54 bits per heavy atom. The van der Waals surface area contributed by atoms with Gasteiger partial charge in [0.15, 0.2) is 6.04 Å². The number of nitrogens with one attached hydrogen (secondary N) is 1. The van der Waals surface area contributed by atoms with Crippen molar-refractivity contribution >= 4 is 5.97 Å². The predicted molar refractivity (Wildman–Crippen MR) is 48.5 cm³/mol. The van der Waals surface area contributed by atoms with Crippen LogP contribution in [0.5, 0.6) is 0 Å². The zero-order valence-electron chi connectivity index (χ0n) is 8.51. The fraction of sp³-hybridized carbons (Fsp3) is 0.889. The molecule has 0 saturated carbocycles. The van der Waals surface area contributed by atoms with Crippen LogP contribution in [0.4, 0.5) is 0 Å². The first kappa shape index (κ1) is 10.5. The zero-order valence-corrected chi connectivity index (χ0v) is 8.51. The molecule has 0 bridgehead atoms. The third-order valence-electron chi connectivity index (χ3n) is 2.59. The summed E-state index contributed by atoms with van der Waals surface area (Å²) in [4.78, 5) is 12.8. The number of carbonyl (C=O) groups excluding carboxylic acids is 1. The maximum atomic E-state index is 11.4. The molecule has 3 N–H and O–H groups in total. The first-order valence-corrected chi connectivity index (χ1v) is 5.08. The van der Waals surface area contributed by atoms with E-state index >= 15 is 0 Å². The molecule has 1 saturated heterocycles. The van der Waals surface area contributed by atoms with Gasteiger partial charge in [-0.3, -0.25) is 0 Å². The fourth-order valence-electron chi connectivity index (χ4n) is 1.71. The van der Waals surface area contributed by atoms with Crippen LogP contribution in [0.3, 0.4) is 0 Å². The van der Waals surface area contributed by atoms with Crippen molar-refractivity contribution in [2.45, 2.75) is 19.9 Å². The van der Waals surface area contributed by atoms with Crippen LogP contribution in [-0.4, -0.2) is 44.8 Å². The van der Waals surface area contributed by atoms with E-state index in [9.17, 15) is 4.79 Å². The molecule has 0 aromatic heterocycles. The second kappa shape index (κ2) is 5.19. The van der Waals surface area contributed by atoms with Crippen molar-refractivity contribution in [3.63, 3.8) is 0 Å². The molecule has 0 aromatic carbocycles. The van der Waals surface area contributed by atoms with E-state index < -0.39 is 0 Å². The lowest BCUT2D eigenvalue weighted by Crippen LogP contribution is -3.23. The largest absolute Gasteiger partial charge is 0.462 e. The minimum absolute atomic E-state index is 0.00801. The van der Waals surface area contributed by atoms with Crippen molar-refractivity contribution in [1.82, 2.24) is 0 Å². The molecule has 76 valence electrons. The fourth-order valence-corrected chi connectivity index (χ4v) is 1.71. The molecule has 1 aliphatic heterocycles. The van der Waals surface area contributed by atoms with Gasteiger partial charge >= 0.3 is 5.97 Å². The number of nitrogens with two attached hydrogens (primary N) is 1. The number of hydrogen-bond donors (Lipinski definition) is 2. The summed E-state index contributed by atoms with van der Waals surface area (Å²) < 4.78 is 4.99. The molecular formula is C9H20N2O2+2. The Kier molecular flexibility index (Phi) is 4.18. The highest BCUT2D eigenvalue weighted by atomic mass is 16.5. The van der Waals surface area contributed by atoms with Gasteiger partial charge in [-0.1, -0.05) is 0 Å². The highest BCUT2D eigenvalue weighted by molar-refractivity contribution is 5.73. The molecule has 0 spiro atoms. The molecule has 0 radical (unpaired) electrons. The summed E-state index contributed by atoms with van der Waals surface area (Å²) in [6.45, 7) is 8.68. The first-order chi connectivity index (χ1) is 6.25. The SMILES string of the molecule is CCOC(=O)[C@H](C)[NH+]1CC[NH2+]CC1. The Morgan fingerprint density at radius 2 is 2.15 bits per heavy atom. The van der Waals surface area contributed by atoms with Gasteiger partial charge in [0.1, 0.15) is 26.2 Å². The molecular weight excluding hydrogens is 168 g/mol. The van der Waals surface area contributed by atoms with Gasteiger partial charge in [0.05, 0.1) is 6.61 Å². The third kappa shape index (κ3) is 2.97. The van der Waals surface area contributed by atoms with E-state index in [2.05, 4.69) is 5.32 Å². The van der Waals surface area contributed by atoms with Crippen molar-refractivity contribution in [3.05, 3.63) is 0 Å². The van der Waals surface area contributed by atoms with Crippen LogP contribution in [0.25, 0.3) is 0 Å². The first-order valence-electron chi connectivity index (χ1n) is 5.08. The minimum Gasteiger partial charge on any atom is -0.462 e. The Balaban J connectivity index is 2.35. The zero-order chi connectivity index (χ0) is 9.68. The maximum absolute atomic E-state index is 11.4. The van der Waals surface area contributed by atoms with Crippen LogP contribution in [-0.2, 0) is 9.53 Å². The molecule has 1 atom stereocenters. The van der Waals surface area contributed by atoms with Gasteiger partial charge in [-0.2, -0.15) is 0 Å². The van der Waals surface area contributed by atoms with E-state index in [1.807, 2.05) is 13.8 Å². The van der Waals surface area contributed by atoms with Crippen molar-refractivity contribution in [3.8, 4) is 0 Å². The number of quaternary nitrogens is 2. The molecule has 0 aromatic rings. The number of ether oxygens (including phenoxy) is 1. The van der Waals surface area contributed by atoms with Crippen LogP contribution in [0.2, 0.25) is 0 Å². The van der Waals surface area contributed by atoms with E-state index in [1.54, 1.807) is 0 Å². The van der Waals surface area contributed by atoms with Gasteiger partial charge in [-0.25, -0.2) is 4.79 Å². The highest BCUT2D eigenvalue weighted by Crippen LogP contribution is 1.83. The van der Waals surface area contributed by atoms with Crippen molar-refractivity contribution < 1.29 is 19.7 Å². The van der Waals surface area contributed by atoms with Crippen molar-refractivity contribution in [2.24, 2.45) is 0 Å². The van der Waals surface area contributed by atoms with E-state index in [0.29, 0.717) is 6.61 Å². The number of piperazine rings is 1. The van der Waals surface area contributed by atoms with E-state index in [1.165, 1.54) is 4.90 Å². The van der Waals surface area contributed by atoms with Crippen LogP contribution >= 0.6 is 0 Å². The van der Waals surface area contributed by atoms with E-state index in [0.717, 1.165) is 26.2 Å². The maximum Gasteiger partial charge on any atom is 0.364 e. The van der Waals surface area contributed by atoms with Crippen LogP contribution < -0.4 is 10.2 Å². The molecule has 1 fully saturated rings. The molecule has 0 unspecified atom stereocenters. The van der Waals surface area contributed by atoms with E-state index in [4.69, 9.17) is 4.74 Å². The smallest absolute Gasteiger partial charge is 0.364 e. The summed E-state index contributed by atoms with van der Waals surface area (Å²) >= 11 is 0. The summed E-state index contributed by atoms with van der Waals surface area (Å²) in [5.41, 5.74) is 0. The number of carbonyl (C=O) groups is 1. The summed E-state index contributed by atoms with van der Waals surface area (Å²) in [6, 6.07) is 0.00801. The van der Waals surface area contributed by atoms with E-state index in [-0.39, 0.29) is 12.0 Å². The lowest BCUT2D eigenvalue weighted by Gasteiger charge is -2.26. The Bertz CT molecular complexity index is 167. The number of hydrogen-bond acceptors (Lipinski definition) is 2. The second-order valence-electron chi connectivity index (χ2n) is 3.50. The Morgan fingerprint density at radius 3 is 2.69 bits per heavy atom. The molecule has 13 heavy (non-hydrogen) atoms. The molecule has 0 aliphatic carbocycles. The van der Waals surface area contributed by atoms with Crippen LogP contribution in [0, 0.1) is 0 Å². The average molecular weight is 188 g/mol. The van der Waals surface area contributed by atoms with Gasteiger partial charge in [-0.15, -0.1) is 0 Å². The van der Waals surface area contributed by atoms with Crippen LogP contribution in [0.15, 0.2) is 0 Å². The third-order valence-corrected chi connectivity index (χ3v) is 2.59. The topological polar surface area (TPSA) is 47.4 Å². The Hall–Kier alpha value is -0.610. The molecule has 4 nitrogen and oxygen atoms in total. The summed E-state index contributed by atoms with van der Waals surface area (Å²) in [5, 5.41) is 2.29. The minimum atomic E-state index is -0.0561. The average Bonchev–Trinajstić information content (AvgIpc) is 2.18. The standard InChI is InChI=1S/C9H18N2O2/c1-3-13-9(12)8(2)11-6-4-10-5-7-11/h8,10H,3-7H2,1-2H3/p+2/t8-/m0/s1. The van der Waals surface area contributed by atoms with Gasteiger partial charge in [-0.05, 0) is 13.8 Å². The number of esters is 1. The normalized spacial score (nSPS) is 21.1. The van der Waals surface area contributed by atoms with Gasteiger partial charge in [0.25, 0.3) is 0 Å². The summed E-state index contributed by atoms with van der Waals surface area (Å²) in [6.07, 6.45) is 0. The quantitative estimate of drug-likeness (QED) is 0.477. The van der Waals surface area contributed by atoms with Crippen molar-refractivity contribution in [1.29, 1.82) is 0 Å². The van der Waals surface area contributed by atoms with Gasteiger partial charge < -0.3 is 15.0 Å².